The van der Waals surface area contributed by atoms with Crippen molar-refractivity contribution >= 4 is 11.6 Å². The fourth-order valence-electron chi connectivity index (χ4n) is 2.00. The molecule has 3 N–H and O–H groups in total. The van der Waals surface area contributed by atoms with Gasteiger partial charge in [0.1, 0.15) is 5.82 Å². The summed E-state index contributed by atoms with van der Waals surface area (Å²) in [6.45, 7) is 4.27. The number of hydrogen-bond donors (Lipinski definition) is 2. The average molecular weight is 272 g/mol. The zero-order valence-electron chi connectivity index (χ0n) is 11.5. The van der Waals surface area contributed by atoms with Crippen molar-refractivity contribution in [1.29, 1.82) is 0 Å². The van der Waals surface area contributed by atoms with Gasteiger partial charge in [-0.1, -0.05) is 6.07 Å². The number of aryl methyl sites for hydroxylation is 2. The fourth-order valence-corrected chi connectivity index (χ4v) is 2.00. The van der Waals surface area contributed by atoms with E-state index in [-0.39, 0.29) is 5.82 Å². The van der Waals surface area contributed by atoms with Crippen molar-refractivity contribution in [2.24, 2.45) is 5.73 Å². The Morgan fingerprint density at radius 1 is 1.15 bits per heavy atom. The quantitative estimate of drug-likeness (QED) is 0.898. The molecule has 0 aliphatic rings. The summed E-state index contributed by atoms with van der Waals surface area (Å²) in [5.41, 5.74) is 9.27. The standard InChI is InChI=1S/C16H17FN2O/c1-10-7-12(16(18)20)3-4-13(10)9-19-14-5-6-15(17)11(2)8-14/h3-8,19H,9H2,1-2H3,(H2,18,20). The number of carbonyl (C=O) groups excluding carboxylic acids is 1. The minimum Gasteiger partial charge on any atom is -0.381 e. The second kappa shape index (κ2) is 5.74. The molecule has 2 aromatic carbocycles. The molecule has 0 radical (unpaired) electrons. The van der Waals surface area contributed by atoms with E-state index >= 15 is 0 Å². The van der Waals surface area contributed by atoms with Crippen molar-refractivity contribution in [3.8, 4) is 0 Å². The van der Waals surface area contributed by atoms with Gasteiger partial charge in [0.15, 0.2) is 0 Å². The van der Waals surface area contributed by atoms with Gasteiger partial charge in [-0.05, 0) is 60.9 Å². The van der Waals surface area contributed by atoms with E-state index in [2.05, 4.69) is 5.32 Å². The molecule has 20 heavy (non-hydrogen) atoms. The number of hydrogen-bond acceptors (Lipinski definition) is 2. The van der Waals surface area contributed by atoms with Crippen molar-refractivity contribution in [3.63, 3.8) is 0 Å². The van der Waals surface area contributed by atoms with Crippen molar-refractivity contribution in [1.82, 2.24) is 0 Å². The molecular weight excluding hydrogens is 255 g/mol. The van der Waals surface area contributed by atoms with Crippen LogP contribution in [0.15, 0.2) is 36.4 Å². The van der Waals surface area contributed by atoms with Crippen molar-refractivity contribution < 1.29 is 9.18 Å². The Bertz CT molecular complexity index is 653. The van der Waals surface area contributed by atoms with Crippen LogP contribution in [0.4, 0.5) is 10.1 Å². The van der Waals surface area contributed by atoms with Crippen LogP contribution in [0.5, 0.6) is 0 Å². The van der Waals surface area contributed by atoms with E-state index in [9.17, 15) is 9.18 Å². The summed E-state index contributed by atoms with van der Waals surface area (Å²) in [7, 11) is 0. The summed E-state index contributed by atoms with van der Waals surface area (Å²) in [6, 6.07) is 10.3. The highest BCUT2D eigenvalue weighted by atomic mass is 19.1. The molecule has 4 heteroatoms. The predicted molar refractivity (Wildman–Crippen MR) is 78.2 cm³/mol. The molecule has 3 nitrogen and oxygen atoms in total. The van der Waals surface area contributed by atoms with Gasteiger partial charge in [0.25, 0.3) is 0 Å². The number of nitrogens with one attached hydrogen (secondary N) is 1. The second-order valence-corrected chi connectivity index (χ2v) is 4.82. The molecule has 0 fully saturated rings. The van der Waals surface area contributed by atoms with Gasteiger partial charge in [0.2, 0.25) is 5.91 Å². The Morgan fingerprint density at radius 2 is 1.90 bits per heavy atom. The monoisotopic (exact) mass is 272 g/mol. The molecule has 0 bridgehead atoms. The lowest BCUT2D eigenvalue weighted by Crippen LogP contribution is -2.11. The molecule has 0 spiro atoms. The van der Waals surface area contributed by atoms with Crippen LogP contribution in [0.25, 0.3) is 0 Å². The number of primary amides is 1. The number of benzene rings is 2. The number of rotatable bonds is 4. The van der Waals surface area contributed by atoms with Gasteiger partial charge in [-0.25, -0.2) is 4.39 Å². The molecule has 2 aromatic rings. The molecule has 0 aliphatic heterocycles. The molecule has 0 atom stereocenters. The Labute approximate surface area is 117 Å². The zero-order chi connectivity index (χ0) is 14.7. The number of nitrogens with two attached hydrogens (primary N) is 1. The third-order valence-electron chi connectivity index (χ3n) is 3.27. The molecule has 0 unspecified atom stereocenters. The Balaban J connectivity index is 2.10. The number of anilines is 1. The predicted octanol–water partition coefficient (Wildman–Crippen LogP) is 3.15. The second-order valence-electron chi connectivity index (χ2n) is 4.82. The molecule has 0 saturated carbocycles. The van der Waals surface area contributed by atoms with Gasteiger partial charge in [-0.2, -0.15) is 0 Å². The molecule has 0 aliphatic carbocycles. The van der Waals surface area contributed by atoms with Gasteiger partial charge in [0, 0.05) is 17.8 Å². The van der Waals surface area contributed by atoms with Gasteiger partial charge < -0.3 is 11.1 Å². The smallest absolute Gasteiger partial charge is 0.248 e. The first-order valence-corrected chi connectivity index (χ1v) is 6.36. The molecule has 1 amide bonds. The van der Waals surface area contributed by atoms with Gasteiger partial charge in [-0.3, -0.25) is 4.79 Å². The van der Waals surface area contributed by atoms with Crippen LogP contribution in [-0.2, 0) is 6.54 Å². The van der Waals surface area contributed by atoms with E-state index < -0.39 is 5.91 Å². The van der Waals surface area contributed by atoms with E-state index in [0.29, 0.717) is 17.7 Å². The molecule has 2 rings (SSSR count). The normalized spacial score (nSPS) is 10.3. The minimum atomic E-state index is -0.429. The topological polar surface area (TPSA) is 55.1 Å². The lowest BCUT2D eigenvalue weighted by Gasteiger charge is -2.11. The van der Waals surface area contributed by atoms with Crippen LogP contribution in [0.1, 0.15) is 27.0 Å². The number of carbonyl (C=O) groups is 1. The molecule has 104 valence electrons. The molecule has 0 heterocycles. The molecular formula is C16H17FN2O. The van der Waals surface area contributed by atoms with Crippen LogP contribution < -0.4 is 11.1 Å². The average Bonchev–Trinajstić information content (AvgIpc) is 2.41. The maximum absolute atomic E-state index is 13.2. The summed E-state index contributed by atoms with van der Waals surface area (Å²) in [5.74, 6) is -0.640. The van der Waals surface area contributed by atoms with Crippen LogP contribution in [0.2, 0.25) is 0 Å². The van der Waals surface area contributed by atoms with E-state index in [1.54, 1.807) is 31.2 Å². The van der Waals surface area contributed by atoms with E-state index in [1.807, 2.05) is 13.0 Å². The van der Waals surface area contributed by atoms with Crippen LogP contribution in [-0.4, -0.2) is 5.91 Å². The number of halogens is 1. The summed E-state index contributed by atoms with van der Waals surface area (Å²) >= 11 is 0. The summed E-state index contributed by atoms with van der Waals surface area (Å²) in [4.78, 5) is 11.1. The van der Waals surface area contributed by atoms with Gasteiger partial charge in [-0.15, -0.1) is 0 Å². The van der Waals surface area contributed by atoms with Crippen LogP contribution in [0.3, 0.4) is 0 Å². The van der Waals surface area contributed by atoms with Gasteiger partial charge >= 0.3 is 0 Å². The molecule has 0 saturated heterocycles. The maximum Gasteiger partial charge on any atom is 0.248 e. The SMILES string of the molecule is Cc1cc(NCc2ccc(C(N)=O)cc2C)ccc1F. The summed E-state index contributed by atoms with van der Waals surface area (Å²) in [6.07, 6.45) is 0. The summed E-state index contributed by atoms with van der Waals surface area (Å²) in [5, 5.41) is 3.24. The largest absolute Gasteiger partial charge is 0.381 e. The Kier molecular flexibility index (Phi) is 4.03. The van der Waals surface area contributed by atoms with E-state index in [0.717, 1.165) is 16.8 Å². The maximum atomic E-state index is 13.2. The van der Waals surface area contributed by atoms with Gasteiger partial charge in [0.05, 0.1) is 0 Å². The third-order valence-corrected chi connectivity index (χ3v) is 3.27. The highest BCUT2D eigenvalue weighted by molar-refractivity contribution is 5.93. The zero-order valence-corrected chi connectivity index (χ0v) is 11.5. The highest BCUT2D eigenvalue weighted by Crippen LogP contribution is 2.16. The first kappa shape index (κ1) is 14.1. The Morgan fingerprint density at radius 3 is 2.50 bits per heavy atom. The lowest BCUT2D eigenvalue weighted by molar-refractivity contribution is 0.1000. The Hall–Kier alpha value is -2.36. The van der Waals surface area contributed by atoms with Crippen molar-refractivity contribution in [2.75, 3.05) is 5.32 Å². The van der Waals surface area contributed by atoms with Crippen LogP contribution >= 0.6 is 0 Å². The lowest BCUT2D eigenvalue weighted by atomic mass is 10.0. The minimum absolute atomic E-state index is 0.211. The molecule has 0 aromatic heterocycles. The van der Waals surface area contributed by atoms with E-state index in [1.165, 1.54) is 6.07 Å². The third kappa shape index (κ3) is 3.15. The van der Waals surface area contributed by atoms with Crippen molar-refractivity contribution in [2.45, 2.75) is 20.4 Å². The first-order valence-electron chi connectivity index (χ1n) is 6.36. The van der Waals surface area contributed by atoms with Crippen molar-refractivity contribution in [3.05, 3.63) is 64.5 Å². The number of amides is 1. The fraction of sp³-hybridized carbons (Fsp3) is 0.188. The summed E-state index contributed by atoms with van der Waals surface area (Å²) < 4.78 is 13.2. The van der Waals surface area contributed by atoms with Crippen LogP contribution in [0, 0.1) is 19.7 Å². The van der Waals surface area contributed by atoms with E-state index in [4.69, 9.17) is 5.73 Å². The first-order chi connectivity index (χ1) is 9.47. The highest BCUT2D eigenvalue weighted by Gasteiger charge is 2.05.